The summed E-state index contributed by atoms with van der Waals surface area (Å²) in [5.41, 5.74) is 2.72. The number of anilines is 1. The lowest BCUT2D eigenvalue weighted by Crippen LogP contribution is -2.31. The number of H-pyrrole nitrogens is 1. The number of hydrogen-bond acceptors (Lipinski definition) is 6. The number of fused-ring (bicyclic) bond motifs is 3. The van der Waals surface area contributed by atoms with Crippen molar-refractivity contribution >= 4 is 27.8 Å². The van der Waals surface area contributed by atoms with E-state index in [1.54, 1.807) is 18.3 Å². The topological polar surface area (TPSA) is 90.0 Å². The quantitative estimate of drug-likeness (QED) is 0.393. The summed E-state index contributed by atoms with van der Waals surface area (Å²) < 4.78 is 0. The normalized spacial score (nSPS) is 15.0. The first-order valence-electron chi connectivity index (χ1n) is 11.1. The van der Waals surface area contributed by atoms with E-state index in [0.717, 1.165) is 58.7 Å². The summed E-state index contributed by atoms with van der Waals surface area (Å²) in [6.45, 7) is 4.42. The van der Waals surface area contributed by atoms with Crippen molar-refractivity contribution in [1.29, 1.82) is 0 Å². The highest BCUT2D eigenvalue weighted by Gasteiger charge is 2.15. The molecular weight excluding hydrogens is 388 g/mol. The minimum atomic E-state index is 0.235. The Hall–Kier alpha value is -3.19. The number of nitrogens with zero attached hydrogens (tertiary/aromatic N) is 4. The molecular formula is C24H28N6O. The second-order valence-corrected chi connectivity index (χ2v) is 8.29. The van der Waals surface area contributed by atoms with Gasteiger partial charge >= 0.3 is 0 Å². The number of piperidine rings is 1. The van der Waals surface area contributed by atoms with Crippen molar-refractivity contribution < 1.29 is 5.11 Å². The lowest BCUT2D eigenvalue weighted by molar-refractivity contribution is 0.228. The molecule has 31 heavy (non-hydrogen) atoms. The zero-order valence-electron chi connectivity index (χ0n) is 17.6. The molecule has 7 nitrogen and oxygen atoms in total. The molecule has 160 valence electrons. The Balaban J connectivity index is 1.42. The molecule has 0 bridgehead atoms. The van der Waals surface area contributed by atoms with Crippen LogP contribution in [0.5, 0.6) is 5.75 Å². The van der Waals surface area contributed by atoms with E-state index in [9.17, 15) is 5.11 Å². The number of pyridine rings is 1. The Bertz CT molecular complexity index is 1170. The fourth-order valence-electron chi connectivity index (χ4n) is 4.42. The fraction of sp³-hybridized carbons (Fsp3) is 0.375. The zero-order chi connectivity index (χ0) is 21.0. The van der Waals surface area contributed by atoms with Gasteiger partial charge in [0.2, 0.25) is 0 Å². The molecule has 4 aromatic rings. The Kier molecular flexibility index (Phi) is 5.67. The van der Waals surface area contributed by atoms with E-state index < -0.39 is 0 Å². The van der Waals surface area contributed by atoms with Gasteiger partial charge in [-0.1, -0.05) is 12.5 Å². The molecule has 1 aliphatic rings. The second kappa shape index (κ2) is 8.89. The van der Waals surface area contributed by atoms with Crippen molar-refractivity contribution in [3.8, 4) is 5.75 Å². The van der Waals surface area contributed by atoms with Gasteiger partial charge in [0.15, 0.2) is 0 Å². The predicted molar refractivity (Wildman–Crippen MR) is 124 cm³/mol. The molecule has 1 fully saturated rings. The summed E-state index contributed by atoms with van der Waals surface area (Å²) in [6, 6.07) is 9.33. The number of hydrogen-bond donors (Lipinski definition) is 3. The van der Waals surface area contributed by atoms with Crippen molar-refractivity contribution in [1.82, 2.24) is 24.8 Å². The second-order valence-electron chi connectivity index (χ2n) is 8.29. The summed E-state index contributed by atoms with van der Waals surface area (Å²) in [5.74, 6) is 1.83. The molecule has 0 aliphatic carbocycles. The number of aromatic nitrogens is 4. The summed E-state index contributed by atoms with van der Waals surface area (Å²) in [6.07, 6.45) is 9.32. The number of phenols is 1. The van der Waals surface area contributed by atoms with E-state index in [-0.39, 0.29) is 5.75 Å². The van der Waals surface area contributed by atoms with Gasteiger partial charge in [0.05, 0.1) is 10.9 Å². The van der Waals surface area contributed by atoms with Crippen LogP contribution < -0.4 is 5.32 Å². The van der Waals surface area contributed by atoms with Gasteiger partial charge in [0.25, 0.3) is 0 Å². The van der Waals surface area contributed by atoms with Crippen molar-refractivity contribution in [2.75, 3.05) is 31.5 Å². The number of aromatic hydroxyl groups is 1. The molecule has 5 rings (SSSR count). The Morgan fingerprint density at radius 1 is 1.10 bits per heavy atom. The van der Waals surface area contributed by atoms with E-state index >= 15 is 0 Å². The highest BCUT2D eigenvalue weighted by atomic mass is 16.3. The van der Waals surface area contributed by atoms with Crippen LogP contribution in [0, 0.1) is 0 Å². The molecule has 0 atom stereocenters. The first-order chi connectivity index (χ1) is 15.3. The van der Waals surface area contributed by atoms with E-state index in [1.165, 1.54) is 32.4 Å². The monoisotopic (exact) mass is 416 g/mol. The predicted octanol–water partition coefficient (Wildman–Crippen LogP) is 4.09. The minimum Gasteiger partial charge on any atom is -0.508 e. The number of nitrogens with one attached hydrogen (secondary N) is 2. The first-order valence-corrected chi connectivity index (χ1v) is 11.1. The van der Waals surface area contributed by atoms with E-state index in [4.69, 9.17) is 9.97 Å². The number of phenolic OH excluding ortho intramolecular Hbond substituents is 1. The summed E-state index contributed by atoms with van der Waals surface area (Å²) in [5, 5.41) is 15.4. The summed E-state index contributed by atoms with van der Waals surface area (Å²) >= 11 is 0. The molecule has 3 N–H and O–H groups in total. The van der Waals surface area contributed by atoms with Gasteiger partial charge in [-0.25, -0.2) is 9.97 Å². The van der Waals surface area contributed by atoms with Gasteiger partial charge in [-0.2, -0.15) is 0 Å². The molecule has 4 heterocycles. The molecule has 0 radical (unpaired) electrons. The first kappa shape index (κ1) is 19.8. The van der Waals surface area contributed by atoms with Crippen LogP contribution in [0.2, 0.25) is 0 Å². The summed E-state index contributed by atoms with van der Waals surface area (Å²) in [7, 11) is 0. The van der Waals surface area contributed by atoms with E-state index in [2.05, 4.69) is 20.2 Å². The average Bonchev–Trinajstić information content (AvgIpc) is 3.15. The highest BCUT2D eigenvalue weighted by molar-refractivity contribution is 6.11. The smallest absolute Gasteiger partial charge is 0.144 e. The molecule has 1 saturated heterocycles. The third-order valence-corrected chi connectivity index (χ3v) is 5.96. The molecule has 0 unspecified atom stereocenters. The zero-order valence-corrected chi connectivity index (χ0v) is 17.6. The number of aromatic amines is 1. The molecule has 0 saturated carbocycles. The third-order valence-electron chi connectivity index (χ3n) is 5.96. The van der Waals surface area contributed by atoms with Gasteiger partial charge in [-0.3, -0.25) is 4.98 Å². The maximum absolute atomic E-state index is 9.89. The van der Waals surface area contributed by atoms with Crippen molar-refractivity contribution in [3.63, 3.8) is 0 Å². The lowest BCUT2D eigenvalue weighted by atomic mass is 10.1. The van der Waals surface area contributed by atoms with Gasteiger partial charge in [-0.05, 0) is 62.7 Å². The molecule has 3 aromatic heterocycles. The van der Waals surface area contributed by atoms with Crippen LogP contribution in [0.15, 0.2) is 42.7 Å². The average molecular weight is 417 g/mol. The largest absolute Gasteiger partial charge is 0.508 e. The minimum absolute atomic E-state index is 0.235. The molecule has 1 aliphatic heterocycles. The van der Waals surface area contributed by atoms with Crippen molar-refractivity contribution in [3.05, 3.63) is 54.1 Å². The van der Waals surface area contributed by atoms with Crippen LogP contribution in [-0.2, 0) is 6.42 Å². The fourth-order valence-corrected chi connectivity index (χ4v) is 4.42. The van der Waals surface area contributed by atoms with Gasteiger partial charge in [0.1, 0.15) is 23.0 Å². The Morgan fingerprint density at radius 3 is 2.84 bits per heavy atom. The number of benzene rings is 1. The highest BCUT2D eigenvalue weighted by Crippen LogP contribution is 2.31. The van der Waals surface area contributed by atoms with Crippen LogP contribution in [0.1, 0.15) is 37.1 Å². The lowest BCUT2D eigenvalue weighted by Gasteiger charge is -2.26. The van der Waals surface area contributed by atoms with E-state index in [0.29, 0.717) is 6.42 Å². The van der Waals surface area contributed by atoms with Crippen molar-refractivity contribution in [2.24, 2.45) is 0 Å². The van der Waals surface area contributed by atoms with Crippen LogP contribution in [0.25, 0.3) is 21.9 Å². The Morgan fingerprint density at radius 2 is 2.00 bits per heavy atom. The molecule has 0 amide bonds. The number of rotatable bonds is 7. The molecule has 7 heteroatoms. The van der Waals surface area contributed by atoms with Crippen LogP contribution in [-0.4, -0.2) is 56.1 Å². The van der Waals surface area contributed by atoms with Crippen LogP contribution in [0.3, 0.4) is 0 Å². The van der Waals surface area contributed by atoms with Gasteiger partial charge < -0.3 is 20.3 Å². The van der Waals surface area contributed by atoms with Crippen LogP contribution in [0.4, 0.5) is 5.82 Å². The van der Waals surface area contributed by atoms with Gasteiger partial charge in [0, 0.05) is 36.8 Å². The molecule has 0 spiro atoms. The van der Waals surface area contributed by atoms with Gasteiger partial charge in [-0.15, -0.1) is 0 Å². The summed E-state index contributed by atoms with van der Waals surface area (Å²) in [4.78, 5) is 19.8. The SMILES string of the molecule is Oc1ccc2c(c1)[nH]c1nc(Cc3cccnc3)nc(NCCCN3CCCCC3)c12. The van der Waals surface area contributed by atoms with E-state index in [1.807, 2.05) is 24.4 Å². The standard InChI is InChI=1S/C24H28N6O/c31-18-7-8-19-20(15-18)27-24-22(19)23(26-10-5-13-30-11-2-1-3-12-30)28-21(29-24)14-17-6-4-9-25-16-17/h4,6-9,15-16,31H,1-3,5,10-14H2,(H2,26,27,28,29). The Labute approximate surface area is 181 Å². The molecule has 1 aromatic carbocycles. The maximum atomic E-state index is 9.89. The van der Waals surface area contributed by atoms with Crippen molar-refractivity contribution in [2.45, 2.75) is 32.1 Å². The third kappa shape index (κ3) is 4.46. The van der Waals surface area contributed by atoms with Crippen LogP contribution >= 0.6 is 0 Å². The maximum Gasteiger partial charge on any atom is 0.144 e. The number of likely N-dealkylation sites (tertiary alicyclic amines) is 1.